The van der Waals surface area contributed by atoms with Crippen molar-refractivity contribution in [2.45, 2.75) is 26.3 Å². The van der Waals surface area contributed by atoms with Crippen LogP contribution in [0, 0.1) is 6.92 Å². The lowest BCUT2D eigenvalue weighted by Gasteiger charge is -2.12. The highest BCUT2D eigenvalue weighted by molar-refractivity contribution is 7.80. The fraction of sp³-hybridized carbons (Fsp3) is 0.357. The molecule has 0 atom stereocenters. The maximum atomic E-state index is 5.75. The first-order valence-corrected chi connectivity index (χ1v) is 7.04. The van der Waals surface area contributed by atoms with E-state index in [4.69, 9.17) is 18.0 Å². The Kier molecular flexibility index (Phi) is 5.06. The van der Waals surface area contributed by atoms with Crippen LogP contribution in [0.2, 0.25) is 0 Å². The molecule has 2 rings (SSSR count). The number of anilines is 1. The average Bonchev–Trinajstić information content (AvgIpc) is 2.91. The second kappa shape index (κ2) is 7.00. The molecule has 0 aromatic carbocycles. The van der Waals surface area contributed by atoms with Crippen LogP contribution in [-0.2, 0) is 6.54 Å². The van der Waals surface area contributed by atoms with Gasteiger partial charge in [0.25, 0.3) is 0 Å². The molecule has 2 aromatic heterocycles. The van der Waals surface area contributed by atoms with Crippen molar-refractivity contribution in [1.82, 2.24) is 14.5 Å². The lowest BCUT2D eigenvalue weighted by Crippen LogP contribution is -2.16. The minimum Gasteiger partial charge on any atom is -0.389 e. The molecule has 0 saturated heterocycles. The average molecular weight is 289 g/mol. The summed E-state index contributed by atoms with van der Waals surface area (Å²) >= 11 is 5.08. The molecule has 5 nitrogen and oxygen atoms in total. The molecule has 0 unspecified atom stereocenters. The Balaban J connectivity index is 1.82. The van der Waals surface area contributed by atoms with Gasteiger partial charge in [-0.1, -0.05) is 12.2 Å². The number of nitrogens with zero attached hydrogens (tertiary/aromatic N) is 3. The molecule has 0 aliphatic heterocycles. The van der Waals surface area contributed by atoms with Crippen molar-refractivity contribution in [3.63, 3.8) is 0 Å². The Morgan fingerprint density at radius 2 is 2.25 bits per heavy atom. The first-order chi connectivity index (χ1) is 9.68. The molecular formula is C14H19N5S. The van der Waals surface area contributed by atoms with Gasteiger partial charge in [-0.2, -0.15) is 0 Å². The zero-order chi connectivity index (χ0) is 14.4. The van der Waals surface area contributed by atoms with Crippen molar-refractivity contribution in [2.24, 2.45) is 5.73 Å². The van der Waals surface area contributed by atoms with Gasteiger partial charge in [0.05, 0.1) is 11.9 Å². The van der Waals surface area contributed by atoms with Gasteiger partial charge in [0.2, 0.25) is 0 Å². The molecular weight excluding hydrogens is 270 g/mol. The lowest BCUT2D eigenvalue weighted by molar-refractivity contribution is 0.620. The molecule has 2 aromatic rings. The molecule has 2 heterocycles. The maximum Gasteiger partial charge on any atom is 0.136 e. The molecule has 0 aliphatic rings. The van der Waals surface area contributed by atoms with Crippen LogP contribution in [0.1, 0.15) is 24.0 Å². The Morgan fingerprint density at radius 1 is 1.40 bits per heavy atom. The van der Waals surface area contributed by atoms with Gasteiger partial charge in [0.15, 0.2) is 0 Å². The number of pyridine rings is 1. The minimum absolute atomic E-state index is 0.386. The molecule has 0 radical (unpaired) electrons. The number of hydrogen-bond donors (Lipinski definition) is 2. The third-order valence-electron chi connectivity index (χ3n) is 3.10. The zero-order valence-corrected chi connectivity index (χ0v) is 12.4. The van der Waals surface area contributed by atoms with Crippen molar-refractivity contribution in [3.8, 4) is 0 Å². The van der Waals surface area contributed by atoms with E-state index >= 15 is 0 Å². The van der Waals surface area contributed by atoms with Gasteiger partial charge in [-0.05, 0) is 31.4 Å². The van der Waals surface area contributed by atoms with E-state index in [-0.39, 0.29) is 0 Å². The van der Waals surface area contributed by atoms with E-state index in [2.05, 4.69) is 19.9 Å². The number of thiocarbonyl (C=S) groups is 1. The molecule has 6 heteroatoms. The predicted octanol–water partition coefficient (Wildman–Crippen LogP) is 2.11. The zero-order valence-electron chi connectivity index (χ0n) is 11.5. The van der Waals surface area contributed by atoms with Crippen LogP contribution < -0.4 is 11.1 Å². The number of imidazole rings is 1. The number of hydrogen-bond acceptors (Lipinski definition) is 4. The van der Waals surface area contributed by atoms with Gasteiger partial charge >= 0.3 is 0 Å². The summed E-state index contributed by atoms with van der Waals surface area (Å²) in [7, 11) is 0. The SMILES string of the molecule is Cc1ccnc(NCCCCn2ccnc2)c1C(N)=S. The molecule has 0 saturated carbocycles. The van der Waals surface area contributed by atoms with Crippen LogP contribution in [0.25, 0.3) is 0 Å². The van der Waals surface area contributed by atoms with Crippen molar-refractivity contribution in [1.29, 1.82) is 0 Å². The lowest BCUT2D eigenvalue weighted by atomic mass is 10.1. The van der Waals surface area contributed by atoms with Crippen molar-refractivity contribution in [3.05, 3.63) is 42.1 Å². The Morgan fingerprint density at radius 3 is 2.95 bits per heavy atom. The third-order valence-corrected chi connectivity index (χ3v) is 3.30. The quantitative estimate of drug-likeness (QED) is 0.603. The van der Waals surface area contributed by atoms with Gasteiger partial charge in [-0.15, -0.1) is 0 Å². The van der Waals surface area contributed by atoms with E-state index in [1.807, 2.05) is 25.5 Å². The fourth-order valence-electron chi connectivity index (χ4n) is 2.05. The maximum absolute atomic E-state index is 5.75. The van der Waals surface area contributed by atoms with Crippen LogP contribution in [0.3, 0.4) is 0 Å². The Labute approximate surface area is 124 Å². The van der Waals surface area contributed by atoms with Gasteiger partial charge in [0.1, 0.15) is 10.8 Å². The summed E-state index contributed by atoms with van der Waals surface area (Å²) in [6.07, 6.45) is 9.50. The summed E-state index contributed by atoms with van der Waals surface area (Å²) in [5.41, 5.74) is 7.65. The number of aromatic nitrogens is 3. The normalized spacial score (nSPS) is 10.4. The summed E-state index contributed by atoms with van der Waals surface area (Å²) in [5, 5.41) is 3.31. The number of aryl methyl sites for hydroxylation is 2. The first-order valence-electron chi connectivity index (χ1n) is 6.63. The molecule has 0 spiro atoms. The van der Waals surface area contributed by atoms with Crippen LogP contribution in [-0.4, -0.2) is 26.1 Å². The Hall–Kier alpha value is -1.95. The first kappa shape index (κ1) is 14.5. The van der Waals surface area contributed by atoms with E-state index in [1.165, 1.54) is 0 Å². The summed E-state index contributed by atoms with van der Waals surface area (Å²) < 4.78 is 2.07. The number of nitrogens with two attached hydrogens (primary N) is 1. The highest BCUT2D eigenvalue weighted by Crippen LogP contribution is 2.16. The number of nitrogens with one attached hydrogen (secondary N) is 1. The molecule has 3 N–H and O–H groups in total. The molecule has 20 heavy (non-hydrogen) atoms. The van der Waals surface area contributed by atoms with Gasteiger partial charge in [-0.25, -0.2) is 9.97 Å². The summed E-state index contributed by atoms with van der Waals surface area (Å²) in [5.74, 6) is 0.778. The van der Waals surface area contributed by atoms with Crippen molar-refractivity contribution >= 4 is 23.0 Å². The molecule has 106 valence electrons. The fourth-order valence-corrected chi connectivity index (χ4v) is 2.31. The van der Waals surface area contributed by atoms with Crippen LogP contribution in [0.5, 0.6) is 0 Å². The topological polar surface area (TPSA) is 68.8 Å². The second-order valence-electron chi connectivity index (χ2n) is 4.65. The monoisotopic (exact) mass is 289 g/mol. The number of unbranched alkanes of at least 4 members (excludes halogenated alkanes) is 1. The van der Waals surface area contributed by atoms with E-state index in [0.717, 1.165) is 42.9 Å². The second-order valence-corrected chi connectivity index (χ2v) is 5.09. The summed E-state index contributed by atoms with van der Waals surface area (Å²) in [4.78, 5) is 8.72. The van der Waals surface area contributed by atoms with Gasteiger partial charge in [0, 0.05) is 31.7 Å². The highest BCUT2D eigenvalue weighted by atomic mass is 32.1. The van der Waals surface area contributed by atoms with Crippen molar-refractivity contribution < 1.29 is 0 Å². The standard InChI is InChI=1S/C14H19N5S/c1-11-4-6-18-14(12(11)13(15)20)17-5-2-3-8-19-9-7-16-10-19/h4,6-7,9-10H,2-3,5,8H2,1H3,(H2,15,20)(H,17,18). The third kappa shape index (κ3) is 3.77. The van der Waals surface area contributed by atoms with Gasteiger partial charge < -0.3 is 15.6 Å². The van der Waals surface area contributed by atoms with Crippen LogP contribution >= 0.6 is 12.2 Å². The van der Waals surface area contributed by atoms with E-state index in [1.54, 1.807) is 12.4 Å². The number of rotatable bonds is 7. The van der Waals surface area contributed by atoms with E-state index in [0.29, 0.717) is 4.99 Å². The predicted molar refractivity (Wildman–Crippen MR) is 84.8 cm³/mol. The molecule has 0 aliphatic carbocycles. The van der Waals surface area contributed by atoms with Crippen LogP contribution in [0.15, 0.2) is 31.0 Å². The smallest absolute Gasteiger partial charge is 0.136 e. The van der Waals surface area contributed by atoms with Crippen molar-refractivity contribution in [2.75, 3.05) is 11.9 Å². The molecule has 0 fully saturated rings. The molecule has 0 amide bonds. The highest BCUT2D eigenvalue weighted by Gasteiger charge is 2.08. The molecule has 0 bridgehead atoms. The van der Waals surface area contributed by atoms with Gasteiger partial charge in [-0.3, -0.25) is 0 Å². The van der Waals surface area contributed by atoms with E-state index < -0.39 is 0 Å². The summed E-state index contributed by atoms with van der Waals surface area (Å²) in [6.45, 7) is 3.81. The van der Waals surface area contributed by atoms with E-state index in [9.17, 15) is 0 Å². The largest absolute Gasteiger partial charge is 0.389 e. The minimum atomic E-state index is 0.386. The van der Waals surface area contributed by atoms with Crippen LogP contribution in [0.4, 0.5) is 5.82 Å². The Bertz CT molecular complexity index is 565. The summed E-state index contributed by atoms with van der Waals surface area (Å²) in [6, 6.07) is 1.92.